The number of carbonyl (C=O) groups is 2. The number of ether oxygens (including phenoxy) is 1. The number of methoxy groups -OCH3 is 1. The molecule has 0 bridgehead atoms. The molecule has 1 saturated heterocycles. The number of piperidine rings is 1. The Morgan fingerprint density at radius 3 is 2.59 bits per heavy atom. The fraction of sp³-hybridized carbons (Fsp3) is 0.818. The SMILES string of the molecule is COC(=O)[C@H](C)NC(=O)C1(C)CCCNC1.Cl. The van der Waals surface area contributed by atoms with Gasteiger partial charge in [-0.2, -0.15) is 0 Å². The maximum absolute atomic E-state index is 12.0. The van der Waals surface area contributed by atoms with E-state index in [0.717, 1.165) is 19.4 Å². The summed E-state index contributed by atoms with van der Waals surface area (Å²) in [4.78, 5) is 23.2. The molecule has 100 valence electrons. The highest BCUT2D eigenvalue weighted by atomic mass is 35.5. The van der Waals surface area contributed by atoms with Gasteiger partial charge >= 0.3 is 5.97 Å². The van der Waals surface area contributed by atoms with Crippen LogP contribution in [0.15, 0.2) is 0 Å². The van der Waals surface area contributed by atoms with E-state index in [0.29, 0.717) is 6.54 Å². The summed E-state index contributed by atoms with van der Waals surface area (Å²) in [5.41, 5.74) is -0.416. The summed E-state index contributed by atoms with van der Waals surface area (Å²) >= 11 is 0. The van der Waals surface area contributed by atoms with Crippen molar-refractivity contribution in [3.05, 3.63) is 0 Å². The summed E-state index contributed by atoms with van der Waals surface area (Å²) in [5, 5.41) is 5.88. The minimum atomic E-state index is -0.587. The molecule has 0 radical (unpaired) electrons. The molecular formula is C11H21ClN2O3. The summed E-state index contributed by atoms with van der Waals surface area (Å²) in [5.74, 6) is -0.502. The highest BCUT2D eigenvalue weighted by Crippen LogP contribution is 2.25. The quantitative estimate of drug-likeness (QED) is 0.728. The van der Waals surface area contributed by atoms with Crippen LogP contribution in [0.4, 0.5) is 0 Å². The topological polar surface area (TPSA) is 67.4 Å². The molecule has 17 heavy (non-hydrogen) atoms. The Bertz CT molecular complexity index is 278. The highest BCUT2D eigenvalue weighted by molar-refractivity contribution is 5.87. The number of nitrogens with one attached hydrogen (secondary N) is 2. The number of amides is 1. The third-order valence-corrected chi connectivity index (χ3v) is 3.05. The van der Waals surface area contributed by atoms with E-state index < -0.39 is 17.4 Å². The summed E-state index contributed by atoms with van der Waals surface area (Å²) in [6.45, 7) is 5.16. The molecule has 0 aromatic heterocycles. The number of halogens is 1. The van der Waals surface area contributed by atoms with Crippen LogP contribution in [0.1, 0.15) is 26.7 Å². The van der Waals surface area contributed by atoms with E-state index in [-0.39, 0.29) is 18.3 Å². The smallest absolute Gasteiger partial charge is 0.328 e. The van der Waals surface area contributed by atoms with Crippen molar-refractivity contribution in [2.45, 2.75) is 32.7 Å². The Morgan fingerprint density at radius 1 is 1.47 bits per heavy atom. The maximum Gasteiger partial charge on any atom is 0.328 e. The van der Waals surface area contributed by atoms with E-state index in [4.69, 9.17) is 0 Å². The Kier molecular flexibility index (Phi) is 6.49. The Hall–Kier alpha value is -0.810. The van der Waals surface area contributed by atoms with Gasteiger partial charge in [0.1, 0.15) is 6.04 Å². The van der Waals surface area contributed by atoms with Crippen molar-refractivity contribution in [3.63, 3.8) is 0 Å². The van der Waals surface area contributed by atoms with Crippen LogP contribution >= 0.6 is 12.4 Å². The number of carbonyl (C=O) groups excluding carboxylic acids is 2. The lowest BCUT2D eigenvalue weighted by atomic mass is 9.82. The predicted molar refractivity (Wildman–Crippen MR) is 67.1 cm³/mol. The number of hydrogen-bond acceptors (Lipinski definition) is 4. The van der Waals surface area contributed by atoms with E-state index >= 15 is 0 Å². The first-order valence-electron chi connectivity index (χ1n) is 5.59. The van der Waals surface area contributed by atoms with Crippen LogP contribution in [0.5, 0.6) is 0 Å². The maximum atomic E-state index is 12.0. The van der Waals surface area contributed by atoms with E-state index in [1.165, 1.54) is 7.11 Å². The molecule has 0 spiro atoms. The molecule has 0 aromatic carbocycles. The third-order valence-electron chi connectivity index (χ3n) is 3.05. The number of hydrogen-bond donors (Lipinski definition) is 2. The van der Waals surface area contributed by atoms with Crippen LogP contribution in [0.25, 0.3) is 0 Å². The largest absolute Gasteiger partial charge is 0.467 e. The summed E-state index contributed by atoms with van der Waals surface area (Å²) in [7, 11) is 1.31. The Balaban J connectivity index is 0.00000256. The number of rotatable bonds is 3. The molecule has 1 aliphatic rings. The minimum absolute atomic E-state index is 0. The molecule has 1 aliphatic heterocycles. The summed E-state index contributed by atoms with van der Waals surface area (Å²) in [6.07, 6.45) is 1.83. The molecule has 1 rings (SSSR count). The van der Waals surface area contributed by atoms with E-state index in [1.54, 1.807) is 6.92 Å². The minimum Gasteiger partial charge on any atom is -0.467 e. The first-order valence-corrected chi connectivity index (χ1v) is 5.59. The zero-order valence-corrected chi connectivity index (χ0v) is 11.4. The molecule has 0 aliphatic carbocycles. The zero-order valence-electron chi connectivity index (χ0n) is 10.5. The second-order valence-corrected chi connectivity index (χ2v) is 4.56. The molecule has 0 aromatic rings. The summed E-state index contributed by atoms with van der Waals surface area (Å²) in [6, 6.07) is -0.587. The van der Waals surface area contributed by atoms with Crippen LogP contribution in [-0.2, 0) is 14.3 Å². The molecular weight excluding hydrogens is 244 g/mol. The first kappa shape index (κ1) is 16.2. The molecule has 1 fully saturated rings. The van der Waals surface area contributed by atoms with Crippen LogP contribution in [-0.4, -0.2) is 38.1 Å². The lowest BCUT2D eigenvalue weighted by Gasteiger charge is -2.33. The monoisotopic (exact) mass is 264 g/mol. The van der Waals surface area contributed by atoms with Gasteiger partial charge in [-0.05, 0) is 33.2 Å². The van der Waals surface area contributed by atoms with Crippen LogP contribution < -0.4 is 10.6 Å². The molecule has 5 nitrogen and oxygen atoms in total. The van der Waals surface area contributed by atoms with Crippen LogP contribution in [0.2, 0.25) is 0 Å². The van der Waals surface area contributed by atoms with Crippen LogP contribution in [0, 0.1) is 5.41 Å². The molecule has 2 atom stereocenters. The second kappa shape index (κ2) is 6.81. The van der Waals surface area contributed by atoms with Crippen molar-refractivity contribution in [3.8, 4) is 0 Å². The molecule has 1 heterocycles. The fourth-order valence-electron chi connectivity index (χ4n) is 1.86. The summed E-state index contributed by atoms with van der Waals surface area (Å²) < 4.78 is 4.56. The van der Waals surface area contributed by atoms with Crippen molar-refractivity contribution in [1.82, 2.24) is 10.6 Å². The molecule has 0 saturated carbocycles. The van der Waals surface area contributed by atoms with E-state index in [9.17, 15) is 9.59 Å². The van der Waals surface area contributed by atoms with Gasteiger partial charge in [0.25, 0.3) is 0 Å². The van der Waals surface area contributed by atoms with Gasteiger partial charge in [0.05, 0.1) is 12.5 Å². The molecule has 1 unspecified atom stereocenters. The van der Waals surface area contributed by atoms with Crippen molar-refractivity contribution in [2.75, 3.05) is 20.2 Å². The first-order chi connectivity index (χ1) is 7.49. The van der Waals surface area contributed by atoms with Crippen molar-refractivity contribution < 1.29 is 14.3 Å². The van der Waals surface area contributed by atoms with Crippen molar-refractivity contribution in [1.29, 1.82) is 0 Å². The predicted octanol–water partition coefficient (Wildman–Crippen LogP) is 0.476. The zero-order chi connectivity index (χ0) is 12.2. The van der Waals surface area contributed by atoms with Gasteiger partial charge < -0.3 is 15.4 Å². The Morgan fingerprint density at radius 2 is 2.12 bits per heavy atom. The molecule has 2 N–H and O–H groups in total. The van der Waals surface area contributed by atoms with Crippen LogP contribution in [0.3, 0.4) is 0 Å². The second-order valence-electron chi connectivity index (χ2n) is 4.56. The number of esters is 1. The normalized spacial score (nSPS) is 25.4. The van der Waals surface area contributed by atoms with Crippen molar-refractivity contribution >= 4 is 24.3 Å². The lowest BCUT2D eigenvalue weighted by molar-refractivity contribution is -0.146. The molecule has 6 heteroatoms. The van der Waals surface area contributed by atoms with E-state index in [2.05, 4.69) is 15.4 Å². The highest BCUT2D eigenvalue weighted by Gasteiger charge is 2.35. The standard InChI is InChI=1S/C11H20N2O3.ClH/c1-8(9(14)16-3)13-10(15)11(2)5-4-6-12-7-11;/h8,12H,4-7H2,1-3H3,(H,13,15);1H/t8-,11?;/m0./s1. The lowest BCUT2D eigenvalue weighted by Crippen LogP contribution is -2.52. The Labute approximate surface area is 108 Å². The van der Waals surface area contributed by atoms with Crippen molar-refractivity contribution in [2.24, 2.45) is 5.41 Å². The fourth-order valence-corrected chi connectivity index (χ4v) is 1.86. The third kappa shape index (κ3) is 4.16. The van der Waals surface area contributed by atoms with Gasteiger partial charge in [0.2, 0.25) is 5.91 Å². The van der Waals surface area contributed by atoms with Gasteiger partial charge in [0.15, 0.2) is 0 Å². The van der Waals surface area contributed by atoms with E-state index in [1.807, 2.05) is 6.92 Å². The van der Waals surface area contributed by atoms with Gasteiger partial charge in [-0.15, -0.1) is 12.4 Å². The van der Waals surface area contributed by atoms with Gasteiger partial charge in [-0.25, -0.2) is 4.79 Å². The van der Waals surface area contributed by atoms with Gasteiger partial charge in [-0.3, -0.25) is 4.79 Å². The average Bonchev–Trinajstić information content (AvgIpc) is 2.28. The van der Waals surface area contributed by atoms with Gasteiger partial charge in [-0.1, -0.05) is 0 Å². The average molecular weight is 265 g/mol. The van der Waals surface area contributed by atoms with Gasteiger partial charge in [0, 0.05) is 6.54 Å². The molecule has 1 amide bonds.